The van der Waals surface area contributed by atoms with Crippen molar-refractivity contribution in [1.29, 1.82) is 0 Å². The Kier molecular flexibility index (Phi) is 4.31. The van der Waals surface area contributed by atoms with Crippen LogP contribution >= 0.6 is 0 Å². The highest BCUT2D eigenvalue weighted by Crippen LogP contribution is 2.39. The minimum atomic E-state index is 0.317. The number of piperazine rings is 1. The number of fused-ring (bicyclic) bond motifs is 1. The van der Waals surface area contributed by atoms with Crippen LogP contribution in [0.25, 0.3) is 11.0 Å². The first-order valence-electron chi connectivity index (χ1n) is 9.91. The van der Waals surface area contributed by atoms with Gasteiger partial charge in [-0.25, -0.2) is 0 Å². The lowest BCUT2D eigenvalue weighted by molar-refractivity contribution is 0.203. The summed E-state index contributed by atoms with van der Waals surface area (Å²) in [5.41, 5.74) is 5.61. The number of hydrogen-bond acceptors (Lipinski definition) is 7. The number of methoxy groups -OCH3 is 1. The number of aromatic nitrogens is 2. The molecule has 1 saturated heterocycles. The van der Waals surface area contributed by atoms with Gasteiger partial charge in [0.1, 0.15) is 11.5 Å². The van der Waals surface area contributed by atoms with E-state index in [0.717, 1.165) is 55.2 Å². The van der Waals surface area contributed by atoms with E-state index < -0.39 is 0 Å². The fourth-order valence-electron chi connectivity index (χ4n) is 4.15. The third kappa shape index (κ3) is 3.26. The molecule has 0 radical (unpaired) electrons. The lowest BCUT2D eigenvalue weighted by Gasteiger charge is -2.39. The monoisotopic (exact) mass is 378 g/mol. The van der Waals surface area contributed by atoms with Crippen molar-refractivity contribution in [3.63, 3.8) is 0 Å². The number of dihydropyridines is 1. The van der Waals surface area contributed by atoms with E-state index in [1.807, 2.05) is 6.07 Å². The van der Waals surface area contributed by atoms with Gasteiger partial charge in [-0.1, -0.05) is 6.07 Å². The van der Waals surface area contributed by atoms with Gasteiger partial charge in [-0.2, -0.15) is 0 Å². The second kappa shape index (κ2) is 6.98. The summed E-state index contributed by atoms with van der Waals surface area (Å²) in [7, 11) is 1.76. The molecule has 2 aliphatic heterocycles. The molecule has 1 aromatic carbocycles. The molecule has 1 aliphatic carbocycles. The van der Waals surface area contributed by atoms with E-state index >= 15 is 0 Å². The Bertz CT molecular complexity index is 949. The largest absolute Gasteiger partial charge is 0.497 e. The summed E-state index contributed by atoms with van der Waals surface area (Å²) in [6.07, 6.45) is 8.06. The highest BCUT2D eigenvalue weighted by atomic mass is 16.5. The molecule has 2 fully saturated rings. The first kappa shape index (κ1) is 17.3. The Morgan fingerprint density at radius 1 is 1.21 bits per heavy atom. The molecule has 1 saturated carbocycles. The summed E-state index contributed by atoms with van der Waals surface area (Å²) < 4.78 is 5.74. The molecular formula is C21H26N6O. The zero-order valence-electron chi connectivity index (χ0n) is 16.2. The van der Waals surface area contributed by atoms with Crippen LogP contribution in [0.4, 0.5) is 0 Å². The van der Waals surface area contributed by atoms with Gasteiger partial charge in [0.25, 0.3) is 0 Å². The van der Waals surface area contributed by atoms with Gasteiger partial charge >= 0.3 is 0 Å². The molecule has 1 aromatic heterocycles. The molecule has 2 aromatic rings. The van der Waals surface area contributed by atoms with Gasteiger partial charge in [0.2, 0.25) is 0 Å². The van der Waals surface area contributed by atoms with Crippen LogP contribution in [0.3, 0.4) is 0 Å². The molecule has 0 atom stereocenters. The van der Waals surface area contributed by atoms with Crippen molar-refractivity contribution >= 4 is 11.0 Å². The van der Waals surface area contributed by atoms with Crippen LogP contribution in [0.5, 0.6) is 0 Å². The summed E-state index contributed by atoms with van der Waals surface area (Å²) >= 11 is 0. The van der Waals surface area contributed by atoms with Crippen molar-refractivity contribution in [2.75, 3.05) is 33.3 Å². The average molecular weight is 378 g/mol. The number of benzene rings is 1. The van der Waals surface area contributed by atoms with Gasteiger partial charge in [0, 0.05) is 50.3 Å². The van der Waals surface area contributed by atoms with E-state index in [4.69, 9.17) is 4.74 Å². The quantitative estimate of drug-likeness (QED) is 0.727. The average Bonchev–Trinajstić information content (AvgIpc) is 3.49. The molecule has 0 unspecified atom stereocenters. The minimum Gasteiger partial charge on any atom is -0.497 e. The maximum Gasteiger partial charge on any atom is 0.140 e. The molecule has 0 amide bonds. The third-order valence-corrected chi connectivity index (χ3v) is 5.84. The highest BCUT2D eigenvalue weighted by molar-refractivity contribution is 5.74. The van der Waals surface area contributed by atoms with Gasteiger partial charge in [-0.15, -0.1) is 0 Å². The van der Waals surface area contributed by atoms with Crippen LogP contribution in [0.15, 0.2) is 53.9 Å². The standard InChI is InChI=1S/C21H26N6O/c1-28-19-13-22-12-18(20(19)27-9-8-26-21(14-27)4-5-21)25-11-15-2-3-16-17(10-15)24-7-6-23-16/h2-3,6-7,10,12,22,25-26H,4-5,8-9,11,13-14H2,1H3. The minimum absolute atomic E-state index is 0.317. The predicted octanol–water partition coefficient (Wildman–Crippen LogP) is 1.46. The molecular weight excluding hydrogens is 352 g/mol. The van der Waals surface area contributed by atoms with Crippen LogP contribution in [0.1, 0.15) is 18.4 Å². The highest BCUT2D eigenvalue weighted by Gasteiger charge is 2.46. The van der Waals surface area contributed by atoms with Gasteiger partial charge in [0.05, 0.1) is 30.4 Å². The van der Waals surface area contributed by atoms with E-state index in [-0.39, 0.29) is 0 Å². The second-order valence-electron chi connectivity index (χ2n) is 7.78. The molecule has 3 N–H and O–H groups in total. The molecule has 3 aliphatic rings. The van der Waals surface area contributed by atoms with Crippen molar-refractivity contribution < 1.29 is 4.74 Å². The summed E-state index contributed by atoms with van der Waals surface area (Å²) in [4.78, 5) is 11.2. The third-order valence-electron chi connectivity index (χ3n) is 5.84. The van der Waals surface area contributed by atoms with Crippen molar-refractivity contribution in [3.05, 3.63) is 59.5 Å². The fraction of sp³-hybridized carbons (Fsp3) is 0.429. The van der Waals surface area contributed by atoms with E-state index in [1.54, 1.807) is 19.5 Å². The van der Waals surface area contributed by atoms with Crippen molar-refractivity contribution in [2.45, 2.75) is 24.9 Å². The molecule has 1 spiro atoms. The molecule has 3 heterocycles. The molecule has 146 valence electrons. The first-order valence-corrected chi connectivity index (χ1v) is 9.91. The molecule has 7 heteroatoms. The Balaban J connectivity index is 1.36. The molecule has 0 bridgehead atoms. The Morgan fingerprint density at radius 3 is 2.89 bits per heavy atom. The Morgan fingerprint density at radius 2 is 2.07 bits per heavy atom. The van der Waals surface area contributed by atoms with E-state index in [9.17, 15) is 0 Å². The molecule has 28 heavy (non-hydrogen) atoms. The van der Waals surface area contributed by atoms with E-state index in [2.05, 4.69) is 49.2 Å². The van der Waals surface area contributed by atoms with E-state index in [1.165, 1.54) is 24.1 Å². The number of nitrogens with zero attached hydrogens (tertiary/aromatic N) is 3. The maximum absolute atomic E-state index is 5.74. The lowest BCUT2D eigenvalue weighted by atomic mass is 10.1. The second-order valence-corrected chi connectivity index (χ2v) is 7.78. The number of nitrogens with one attached hydrogen (secondary N) is 3. The van der Waals surface area contributed by atoms with Gasteiger partial charge in [-0.05, 0) is 30.5 Å². The smallest absolute Gasteiger partial charge is 0.140 e. The summed E-state index contributed by atoms with van der Waals surface area (Å²) in [6.45, 7) is 4.50. The van der Waals surface area contributed by atoms with Crippen molar-refractivity contribution in [1.82, 2.24) is 30.8 Å². The zero-order chi connectivity index (χ0) is 19.0. The van der Waals surface area contributed by atoms with Gasteiger partial charge in [-0.3, -0.25) is 9.97 Å². The number of rotatable bonds is 5. The number of hydrogen-bond donors (Lipinski definition) is 3. The zero-order valence-corrected chi connectivity index (χ0v) is 16.2. The van der Waals surface area contributed by atoms with Crippen molar-refractivity contribution in [3.8, 4) is 0 Å². The number of ether oxygens (including phenoxy) is 1. The Hall–Kier alpha value is -2.80. The predicted molar refractivity (Wildman–Crippen MR) is 108 cm³/mol. The normalized spacial score (nSPS) is 20.8. The van der Waals surface area contributed by atoms with Crippen molar-refractivity contribution in [2.24, 2.45) is 0 Å². The van der Waals surface area contributed by atoms with Crippen LogP contribution < -0.4 is 16.0 Å². The van der Waals surface area contributed by atoms with Crippen LogP contribution in [-0.2, 0) is 11.3 Å². The summed E-state index contributed by atoms with van der Waals surface area (Å²) in [6, 6.07) is 6.22. The summed E-state index contributed by atoms with van der Waals surface area (Å²) in [5, 5.41) is 10.6. The summed E-state index contributed by atoms with van der Waals surface area (Å²) in [5.74, 6) is 0.993. The topological polar surface area (TPSA) is 74.3 Å². The van der Waals surface area contributed by atoms with Crippen LogP contribution in [0, 0.1) is 0 Å². The fourth-order valence-corrected chi connectivity index (χ4v) is 4.15. The van der Waals surface area contributed by atoms with Crippen LogP contribution in [-0.4, -0.2) is 53.7 Å². The Labute approximate surface area is 164 Å². The SMILES string of the molecule is COC1=C(N2CCNC3(CC3)C2)C(NCc2ccc3nccnc3c2)=CNC1. The van der Waals surface area contributed by atoms with E-state index in [0.29, 0.717) is 5.54 Å². The van der Waals surface area contributed by atoms with Crippen LogP contribution in [0.2, 0.25) is 0 Å². The first-order chi connectivity index (χ1) is 13.8. The van der Waals surface area contributed by atoms with Gasteiger partial charge < -0.3 is 25.6 Å². The molecule has 7 nitrogen and oxygen atoms in total. The lowest BCUT2D eigenvalue weighted by Crippen LogP contribution is -2.53. The maximum atomic E-state index is 5.74. The molecule has 5 rings (SSSR count). The van der Waals surface area contributed by atoms with Gasteiger partial charge in [0.15, 0.2) is 0 Å².